The SMILES string of the molecule is Cc1c([N+](=O)[O-])cc2c(c1CN1CCN(C)CC1)NC=CN2. The van der Waals surface area contributed by atoms with Crippen LogP contribution in [0, 0.1) is 17.0 Å². The second-order valence-electron chi connectivity index (χ2n) is 5.88. The van der Waals surface area contributed by atoms with E-state index in [1.165, 1.54) is 0 Å². The number of hydrogen-bond acceptors (Lipinski definition) is 6. The highest BCUT2D eigenvalue weighted by atomic mass is 16.6. The summed E-state index contributed by atoms with van der Waals surface area (Å²) in [5, 5.41) is 17.6. The molecule has 118 valence electrons. The molecule has 0 amide bonds. The molecule has 1 fully saturated rings. The van der Waals surface area contributed by atoms with E-state index in [1.54, 1.807) is 12.3 Å². The lowest BCUT2D eigenvalue weighted by molar-refractivity contribution is -0.385. The van der Waals surface area contributed by atoms with Crippen LogP contribution in [-0.2, 0) is 6.54 Å². The van der Waals surface area contributed by atoms with Crippen LogP contribution in [0.1, 0.15) is 11.1 Å². The average Bonchev–Trinajstić information content (AvgIpc) is 2.51. The first-order chi connectivity index (χ1) is 10.6. The van der Waals surface area contributed by atoms with Gasteiger partial charge in [-0.05, 0) is 14.0 Å². The second kappa shape index (κ2) is 5.94. The van der Waals surface area contributed by atoms with E-state index in [0.717, 1.165) is 55.2 Å². The van der Waals surface area contributed by atoms with Crippen molar-refractivity contribution >= 4 is 17.1 Å². The Labute approximate surface area is 129 Å². The van der Waals surface area contributed by atoms with Gasteiger partial charge in [-0.2, -0.15) is 0 Å². The number of nitro groups is 1. The third-order valence-electron chi connectivity index (χ3n) is 4.41. The Hall–Kier alpha value is -2.12. The molecule has 0 unspecified atom stereocenters. The van der Waals surface area contributed by atoms with E-state index in [4.69, 9.17) is 0 Å². The molecule has 7 nitrogen and oxygen atoms in total. The number of fused-ring (bicyclic) bond motifs is 1. The van der Waals surface area contributed by atoms with Gasteiger partial charge >= 0.3 is 0 Å². The first kappa shape index (κ1) is 14.8. The number of nitro benzene ring substituents is 1. The smallest absolute Gasteiger partial charge is 0.274 e. The summed E-state index contributed by atoms with van der Waals surface area (Å²) in [6.45, 7) is 6.59. The van der Waals surface area contributed by atoms with Crippen molar-refractivity contribution in [3.05, 3.63) is 39.7 Å². The normalized spacial score (nSPS) is 18.5. The molecule has 0 saturated carbocycles. The Morgan fingerprint density at radius 3 is 2.59 bits per heavy atom. The summed E-state index contributed by atoms with van der Waals surface area (Å²) in [4.78, 5) is 15.7. The zero-order chi connectivity index (χ0) is 15.7. The number of benzene rings is 1. The van der Waals surface area contributed by atoms with Crippen LogP contribution in [0.3, 0.4) is 0 Å². The van der Waals surface area contributed by atoms with Crippen molar-refractivity contribution in [1.82, 2.24) is 9.80 Å². The van der Waals surface area contributed by atoms with Crippen LogP contribution in [0.15, 0.2) is 18.5 Å². The first-order valence-corrected chi connectivity index (χ1v) is 7.46. The van der Waals surface area contributed by atoms with E-state index in [2.05, 4.69) is 27.5 Å². The van der Waals surface area contributed by atoms with Crippen LogP contribution in [0.5, 0.6) is 0 Å². The van der Waals surface area contributed by atoms with Crippen LogP contribution in [-0.4, -0.2) is 47.9 Å². The van der Waals surface area contributed by atoms with Gasteiger partial charge < -0.3 is 15.5 Å². The summed E-state index contributed by atoms with van der Waals surface area (Å²) in [7, 11) is 2.12. The number of hydrogen-bond donors (Lipinski definition) is 2. The standard InChI is InChI=1S/C15H21N5O2/c1-11-12(10-19-7-5-18(2)6-8-19)15-13(16-3-4-17-15)9-14(11)20(21)22/h3-4,9,16-17H,5-8,10H2,1-2H3. The van der Waals surface area contributed by atoms with Gasteiger partial charge in [-0.1, -0.05) is 0 Å². The average molecular weight is 303 g/mol. The lowest BCUT2D eigenvalue weighted by Crippen LogP contribution is -2.44. The highest BCUT2D eigenvalue weighted by molar-refractivity contribution is 5.81. The third kappa shape index (κ3) is 2.77. The van der Waals surface area contributed by atoms with Gasteiger partial charge in [0.1, 0.15) is 0 Å². The Kier molecular flexibility index (Phi) is 4.00. The minimum absolute atomic E-state index is 0.174. The molecular formula is C15H21N5O2. The Bertz CT molecular complexity index is 621. The third-order valence-corrected chi connectivity index (χ3v) is 4.41. The fourth-order valence-corrected chi connectivity index (χ4v) is 2.97. The van der Waals surface area contributed by atoms with Crippen molar-refractivity contribution in [2.75, 3.05) is 43.9 Å². The Morgan fingerprint density at radius 2 is 1.91 bits per heavy atom. The molecule has 1 aromatic carbocycles. The summed E-state index contributed by atoms with van der Waals surface area (Å²) < 4.78 is 0. The quantitative estimate of drug-likeness (QED) is 0.657. The number of nitrogens with zero attached hydrogens (tertiary/aromatic N) is 3. The number of anilines is 2. The van der Waals surface area contributed by atoms with Gasteiger partial charge in [0.05, 0.1) is 16.3 Å². The van der Waals surface area contributed by atoms with Gasteiger partial charge in [-0.25, -0.2) is 0 Å². The van der Waals surface area contributed by atoms with E-state index >= 15 is 0 Å². The van der Waals surface area contributed by atoms with E-state index in [9.17, 15) is 10.1 Å². The highest BCUT2D eigenvalue weighted by Crippen LogP contribution is 2.37. The molecular weight excluding hydrogens is 282 g/mol. The molecule has 2 aliphatic heterocycles. The Morgan fingerprint density at radius 1 is 1.23 bits per heavy atom. The zero-order valence-electron chi connectivity index (χ0n) is 12.9. The van der Waals surface area contributed by atoms with Crippen molar-refractivity contribution in [1.29, 1.82) is 0 Å². The molecule has 1 aromatic rings. The van der Waals surface area contributed by atoms with Gasteiger partial charge in [0.15, 0.2) is 0 Å². The first-order valence-electron chi connectivity index (χ1n) is 7.46. The van der Waals surface area contributed by atoms with Crippen LogP contribution in [0.25, 0.3) is 0 Å². The number of likely N-dealkylation sites (N-methyl/N-ethyl adjacent to an activating group) is 1. The largest absolute Gasteiger partial charge is 0.358 e. The molecule has 7 heteroatoms. The van der Waals surface area contributed by atoms with Crippen LogP contribution in [0.2, 0.25) is 0 Å². The lowest BCUT2D eigenvalue weighted by atomic mass is 10.0. The number of piperazine rings is 1. The molecule has 1 saturated heterocycles. The molecule has 0 aromatic heterocycles. The van der Waals surface area contributed by atoms with Crippen molar-refractivity contribution in [3.8, 4) is 0 Å². The predicted molar refractivity (Wildman–Crippen MR) is 87.0 cm³/mol. The topological polar surface area (TPSA) is 73.7 Å². The minimum Gasteiger partial charge on any atom is -0.358 e. The molecule has 2 heterocycles. The van der Waals surface area contributed by atoms with E-state index in [0.29, 0.717) is 0 Å². The van der Waals surface area contributed by atoms with Gasteiger partial charge in [-0.3, -0.25) is 15.0 Å². The monoisotopic (exact) mass is 303 g/mol. The molecule has 0 bridgehead atoms. The van der Waals surface area contributed by atoms with Gasteiger partial charge in [0.25, 0.3) is 5.69 Å². The van der Waals surface area contributed by atoms with Crippen LogP contribution >= 0.6 is 0 Å². The van der Waals surface area contributed by atoms with E-state index in [-0.39, 0.29) is 10.6 Å². The maximum atomic E-state index is 11.3. The summed E-state index contributed by atoms with van der Waals surface area (Å²) in [6, 6.07) is 1.61. The van der Waals surface area contributed by atoms with Crippen molar-refractivity contribution in [3.63, 3.8) is 0 Å². The lowest BCUT2D eigenvalue weighted by Gasteiger charge is -2.33. The maximum Gasteiger partial charge on any atom is 0.274 e. The van der Waals surface area contributed by atoms with Gasteiger partial charge in [-0.15, -0.1) is 0 Å². The van der Waals surface area contributed by atoms with Crippen LogP contribution < -0.4 is 10.6 Å². The molecule has 0 aliphatic carbocycles. The second-order valence-corrected chi connectivity index (χ2v) is 5.88. The van der Waals surface area contributed by atoms with Crippen LogP contribution in [0.4, 0.5) is 17.1 Å². The predicted octanol–water partition coefficient (Wildman–Crippen LogP) is 1.96. The van der Waals surface area contributed by atoms with Gasteiger partial charge in [0.2, 0.25) is 0 Å². The molecule has 2 N–H and O–H groups in total. The van der Waals surface area contributed by atoms with Crippen molar-refractivity contribution in [2.24, 2.45) is 0 Å². The summed E-state index contributed by atoms with van der Waals surface area (Å²) in [5.41, 5.74) is 3.64. The van der Waals surface area contributed by atoms with Crippen molar-refractivity contribution in [2.45, 2.75) is 13.5 Å². The molecule has 22 heavy (non-hydrogen) atoms. The molecule has 0 radical (unpaired) electrons. The molecule has 3 rings (SSSR count). The highest BCUT2D eigenvalue weighted by Gasteiger charge is 2.24. The fraction of sp³-hybridized carbons (Fsp3) is 0.467. The van der Waals surface area contributed by atoms with E-state index < -0.39 is 0 Å². The van der Waals surface area contributed by atoms with E-state index in [1.807, 2.05) is 13.1 Å². The fourth-order valence-electron chi connectivity index (χ4n) is 2.97. The van der Waals surface area contributed by atoms with Crippen molar-refractivity contribution < 1.29 is 4.92 Å². The summed E-state index contributed by atoms with van der Waals surface area (Å²) >= 11 is 0. The maximum absolute atomic E-state index is 11.3. The summed E-state index contributed by atoms with van der Waals surface area (Å²) in [6.07, 6.45) is 3.57. The molecule has 0 spiro atoms. The van der Waals surface area contributed by atoms with Gasteiger partial charge in [0, 0.05) is 62.3 Å². The number of nitrogens with one attached hydrogen (secondary N) is 2. The Balaban J connectivity index is 1.95. The summed E-state index contributed by atoms with van der Waals surface area (Å²) in [5.74, 6) is 0. The number of rotatable bonds is 3. The zero-order valence-corrected chi connectivity index (χ0v) is 12.9. The minimum atomic E-state index is -0.302. The molecule has 2 aliphatic rings. The molecule has 0 atom stereocenters.